The molecule has 0 heterocycles. The first-order valence-corrected chi connectivity index (χ1v) is 4.44. The van der Waals surface area contributed by atoms with E-state index in [0.29, 0.717) is 0 Å². The lowest BCUT2D eigenvalue weighted by molar-refractivity contribution is -0.107. The van der Waals surface area contributed by atoms with Crippen molar-refractivity contribution in [3.05, 3.63) is 12.2 Å². The van der Waals surface area contributed by atoms with Gasteiger partial charge in [-0.1, -0.05) is 13.0 Å². The SMILES string of the molecule is CC(CC=CC(=O)Cl)C1CC1. The van der Waals surface area contributed by atoms with Crippen LogP contribution in [0.15, 0.2) is 12.2 Å². The predicted molar refractivity (Wildman–Crippen MR) is 46.5 cm³/mol. The van der Waals surface area contributed by atoms with E-state index >= 15 is 0 Å². The molecule has 1 aliphatic carbocycles. The van der Waals surface area contributed by atoms with Crippen LogP contribution < -0.4 is 0 Å². The second-order valence-corrected chi connectivity index (χ2v) is 3.63. The van der Waals surface area contributed by atoms with Crippen molar-refractivity contribution in [2.45, 2.75) is 26.2 Å². The Bertz CT molecular complexity index is 170. The van der Waals surface area contributed by atoms with Crippen LogP contribution in [-0.4, -0.2) is 5.24 Å². The Morgan fingerprint density at radius 2 is 2.36 bits per heavy atom. The van der Waals surface area contributed by atoms with Gasteiger partial charge in [-0.25, -0.2) is 0 Å². The minimum atomic E-state index is -0.368. The van der Waals surface area contributed by atoms with E-state index in [4.69, 9.17) is 11.6 Å². The van der Waals surface area contributed by atoms with E-state index in [2.05, 4.69) is 6.92 Å². The summed E-state index contributed by atoms with van der Waals surface area (Å²) in [5.41, 5.74) is 0. The molecule has 0 radical (unpaired) electrons. The van der Waals surface area contributed by atoms with Gasteiger partial charge in [-0.15, -0.1) is 0 Å². The number of hydrogen-bond acceptors (Lipinski definition) is 1. The molecule has 1 nitrogen and oxygen atoms in total. The largest absolute Gasteiger partial charge is 0.276 e. The highest BCUT2D eigenvalue weighted by atomic mass is 35.5. The summed E-state index contributed by atoms with van der Waals surface area (Å²) >= 11 is 5.13. The molecule has 0 bridgehead atoms. The van der Waals surface area contributed by atoms with Crippen molar-refractivity contribution in [3.8, 4) is 0 Å². The zero-order chi connectivity index (χ0) is 8.27. The number of carbonyl (C=O) groups excluding carboxylic acids is 1. The summed E-state index contributed by atoms with van der Waals surface area (Å²) in [6.07, 6.45) is 7.04. The Morgan fingerprint density at radius 1 is 1.73 bits per heavy atom. The molecule has 1 unspecified atom stereocenters. The van der Waals surface area contributed by atoms with E-state index < -0.39 is 0 Å². The summed E-state index contributed by atoms with van der Waals surface area (Å²) in [5, 5.41) is -0.368. The van der Waals surface area contributed by atoms with E-state index in [0.717, 1.165) is 18.3 Å². The molecule has 1 fully saturated rings. The first kappa shape index (κ1) is 8.79. The minimum Gasteiger partial charge on any atom is -0.276 e. The molecular formula is C9H13ClO. The van der Waals surface area contributed by atoms with E-state index in [1.54, 1.807) is 0 Å². The molecule has 1 aliphatic rings. The molecule has 1 rings (SSSR count). The topological polar surface area (TPSA) is 17.1 Å². The van der Waals surface area contributed by atoms with Gasteiger partial charge < -0.3 is 0 Å². The fraction of sp³-hybridized carbons (Fsp3) is 0.667. The first-order chi connectivity index (χ1) is 5.20. The molecule has 2 heteroatoms. The monoisotopic (exact) mass is 172 g/mol. The van der Waals surface area contributed by atoms with Gasteiger partial charge in [0, 0.05) is 0 Å². The van der Waals surface area contributed by atoms with Gasteiger partial charge in [0.05, 0.1) is 0 Å². The van der Waals surface area contributed by atoms with Crippen molar-refractivity contribution < 1.29 is 4.79 Å². The third-order valence-corrected chi connectivity index (χ3v) is 2.31. The molecule has 62 valence electrons. The zero-order valence-electron chi connectivity index (χ0n) is 6.72. The summed E-state index contributed by atoms with van der Waals surface area (Å²) in [6.45, 7) is 2.22. The van der Waals surface area contributed by atoms with Crippen LogP contribution in [0.4, 0.5) is 0 Å². The van der Waals surface area contributed by atoms with Crippen molar-refractivity contribution in [2.75, 3.05) is 0 Å². The molecule has 1 saturated carbocycles. The molecule has 0 N–H and O–H groups in total. The number of hydrogen-bond donors (Lipinski definition) is 0. The van der Waals surface area contributed by atoms with Crippen LogP contribution in [-0.2, 0) is 4.79 Å². The molecule has 1 atom stereocenters. The van der Waals surface area contributed by atoms with Gasteiger partial charge in [0.1, 0.15) is 0 Å². The Kier molecular flexibility index (Phi) is 3.13. The quantitative estimate of drug-likeness (QED) is 0.471. The first-order valence-electron chi connectivity index (χ1n) is 4.06. The summed E-state index contributed by atoms with van der Waals surface area (Å²) < 4.78 is 0. The van der Waals surface area contributed by atoms with E-state index in [-0.39, 0.29) is 5.24 Å². The van der Waals surface area contributed by atoms with Gasteiger partial charge in [0.2, 0.25) is 5.24 Å². The third-order valence-electron chi connectivity index (χ3n) is 2.18. The Morgan fingerprint density at radius 3 is 2.82 bits per heavy atom. The summed E-state index contributed by atoms with van der Waals surface area (Å²) in [6, 6.07) is 0. The molecule has 0 saturated heterocycles. The highest BCUT2D eigenvalue weighted by Crippen LogP contribution is 2.38. The molecule has 0 aliphatic heterocycles. The van der Waals surface area contributed by atoms with Crippen molar-refractivity contribution in [2.24, 2.45) is 11.8 Å². The lowest BCUT2D eigenvalue weighted by atomic mass is 10.0. The van der Waals surface area contributed by atoms with Crippen LogP contribution in [0.2, 0.25) is 0 Å². The molecule has 0 aromatic heterocycles. The van der Waals surface area contributed by atoms with E-state index in [1.807, 2.05) is 6.08 Å². The van der Waals surface area contributed by atoms with Crippen LogP contribution in [0.5, 0.6) is 0 Å². The van der Waals surface area contributed by atoms with Crippen molar-refractivity contribution >= 4 is 16.8 Å². The van der Waals surface area contributed by atoms with Gasteiger partial charge in [0.15, 0.2) is 0 Å². The minimum absolute atomic E-state index is 0.368. The maximum atomic E-state index is 10.3. The molecular weight excluding hydrogens is 160 g/mol. The highest BCUT2D eigenvalue weighted by Gasteiger charge is 2.26. The van der Waals surface area contributed by atoms with E-state index in [1.165, 1.54) is 18.9 Å². The number of allylic oxidation sites excluding steroid dienone is 2. The van der Waals surface area contributed by atoms with Crippen LogP contribution in [0.3, 0.4) is 0 Å². The summed E-state index contributed by atoms with van der Waals surface area (Å²) in [5.74, 6) is 1.63. The summed E-state index contributed by atoms with van der Waals surface area (Å²) in [7, 11) is 0. The van der Waals surface area contributed by atoms with Gasteiger partial charge in [-0.2, -0.15) is 0 Å². The predicted octanol–water partition coefficient (Wildman–Crippen LogP) is 2.74. The van der Waals surface area contributed by atoms with Crippen LogP contribution >= 0.6 is 11.6 Å². The number of carbonyl (C=O) groups is 1. The zero-order valence-corrected chi connectivity index (χ0v) is 7.47. The Labute approximate surface area is 72.4 Å². The van der Waals surface area contributed by atoms with Crippen molar-refractivity contribution in [3.63, 3.8) is 0 Å². The fourth-order valence-corrected chi connectivity index (χ4v) is 1.32. The Balaban J connectivity index is 2.14. The van der Waals surface area contributed by atoms with Crippen molar-refractivity contribution in [1.82, 2.24) is 0 Å². The lowest BCUT2D eigenvalue weighted by Crippen LogP contribution is -1.94. The van der Waals surface area contributed by atoms with E-state index in [9.17, 15) is 4.79 Å². The van der Waals surface area contributed by atoms with Gasteiger partial charge >= 0.3 is 0 Å². The van der Waals surface area contributed by atoms with Crippen LogP contribution in [0.25, 0.3) is 0 Å². The second kappa shape index (κ2) is 3.91. The lowest BCUT2D eigenvalue weighted by Gasteiger charge is -2.03. The number of rotatable bonds is 4. The van der Waals surface area contributed by atoms with Gasteiger partial charge in [-0.05, 0) is 48.8 Å². The smallest absolute Gasteiger partial charge is 0.244 e. The highest BCUT2D eigenvalue weighted by molar-refractivity contribution is 6.66. The second-order valence-electron chi connectivity index (χ2n) is 3.26. The number of halogens is 1. The van der Waals surface area contributed by atoms with Crippen LogP contribution in [0, 0.1) is 11.8 Å². The van der Waals surface area contributed by atoms with Crippen molar-refractivity contribution in [1.29, 1.82) is 0 Å². The Hall–Kier alpha value is -0.300. The van der Waals surface area contributed by atoms with Gasteiger partial charge in [-0.3, -0.25) is 4.79 Å². The normalized spacial score (nSPS) is 20.5. The van der Waals surface area contributed by atoms with Gasteiger partial charge in [0.25, 0.3) is 0 Å². The molecule has 0 amide bonds. The third kappa shape index (κ3) is 3.57. The average Bonchev–Trinajstić information content (AvgIpc) is 2.66. The average molecular weight is 173 g/mol. The fourth-order valence-electron chi connectivity index (χ4n) is 1.23. The summed E-state index contributed by atoms with van der Waals surface area (Å²) in [4.78, 5) is 10.3. The maximum absolute atomic E-state index is 10.3. The standard InChI is InChI=1S/C9H13ClO/c1-7(8-5-6-8)3-2-4-9(10)11/h2,4,7-8H,3,5-6H2,1H3. The molecule has 11 heavy (non-hydrogen) atoms. The molecule has 0 aromatic carbocycles. The molecule has 0 aromatic rings. The maximum Gasteiger partial charge on any atom is 0.244 e. The molecule has 0 spiro atoms. The van der Waals surface area contributed by atoms with Crippen LogP contribution in [0.1, 0.15) is 26.2 Å².